The molecule has 0 fully saturated rings. The van der Waals surface area contributed by atoms with E-state index in [4.69, 9.17) is 0 Å². The summed E-state index contributed by atoms with van der Waals surface area (Å²) in [5.41, 5.74) is 13.3. The van der Waals surface area contributed by atoms with E-state index in [2.05, 4.69) is 152 Å². The van der Waals surface area contributed by atoms with Gasteiger partial charge in [-0.15, -0.1) is 0 Å². The molecular formula is C41H44Cl2Zr. The normalized spacial score (nSPS) is 13.8. The van der Waals surface area contributed by atoms with Gasteiger partial charge in [0.25, 0.3) is 0 Å². The standard InChI is InChI=1S/C21H25.C15H14.C5H5.2ClH.Zr/c1-20(2,3)16-9-7-14-11-15-8-10-17(21(4,5)6)13-19(15)18(14)12-16;1-2-13-8-10-15(11-9-13)12-14-6-4-3-5-7-14;1-2-4-5-3-1;;;/h7,9-10,12-13H,11H2,1-6H3;3-11H,2H2,1H3;1-3H,4H2;2*1H;/q;;;;;+2/p-2. The van der Waals surface area contributed by atoms with Gasteiger partial charge in [0.05, 0.1) is 0 Å². The molecule has 226 valence electrons. The molecule has 2 aliphatic carbocycles. The third-order valence-electron chi connectivity index (χ3n) is 9.07. The zero-order valence-electron chi connectivity index (χ0n) is 27.2. The van der Waals surface area contributed by atoms with Crippen LogP contribution in [0.4, 0.5) is 0 Å². The molecule has 0 N–H and O–H groups in total. The second kappa shape index (κ2) is 13.6. The number of allylic oxidation sites excluding steroid dienone is 4. The van der Waals surface area contributed by atoms with E-state index >= 15 is 0 Å². The molecule has 0 aliphatic heterocycles. The summed E-state index contributed by atoms with van der Waals surface area (Å²) in [5, 5.41) is 0. The molecule has 0 atom stereocenters. The number of rotatable bonds is 5. The quantitative estimate of drug-likeness (QED) is 0.263. The summed E-state index contributed by atoms with van der Waals surface area (Å²) < 4.78 is 4.95. The van der Waals surface area contributed by atoms with E-state index in [1.807, 2.05) is 0 Å². The fraction of sp³-hybridized carbons (Fsp3) is 0.293. The molecular weight excluding hydrogens is 655 g/mol. The van der Waals surface area contributed by atoms with E-state index in [0.29, 0.717) is 0 Å². The molecule has 0 saturated carbocycles. The van der Waals surface area contributed by atoms with Crippen LogP contribution in [0.2, 0.25) is 0 Å². The fourth-order valence-electron chi connectivity index (χ4n) is 6.47. The van der Waals surface area contributed by atoms with Crippen LogP contribution in [-0.4, -0.2) is 3.21 Å². The first kappa shape index (κ1) is 34.6. The van der Waals surface area contributed by atoms with Gasteiger partial charge < -0.3 is 24.8 Å². The zero-order chi connectivity index (χ0) is 29.6. The number of hydrogen-bond acceptors (Lipinski definition) is 0. The molecule has 0 aromatic heterocycles. The van der Waals surface area contributed by atoms with Gasteiger partial charge in [0.1, 0.15) is 0 Å². The minimum atomic E-state index is -2.68. The maximum absolute atomic E-state index is 2.68. The van der Waals surface area contributed by atoms with Crippen LogP contribution in [0.3, 0.4) is 0 Å². The van der Waals surface area contributed by atoms with Crippen molar-refractivity contribution in [2.75, 3.05) is 0 Å². The van der Waals surface area contributed by atoms with Crippen molar-refractivity contribution >= 4 is 6.48 Å². The first-order valence-electron chi connectivity index (χ1n) is 15.6. The number of fused-ring (bicyclic) bond motifs is 3. The van der Waals surface area contributed by atoms with E-state index in [9.17, 15) is 0 Å². The minimum Gasteiger partial charge on any atom is -1.00 e. The predicted octanol–water partition coefficient (Wildman–Crippen LogP) is 3.78. The molecule has 0 radical (unpaired) electrons. The molecule has 0 bridgehead atoms. The van der Waals surface area contributed by atoms with E-state index < -0.39 is 21.3 Å². The summed E-state index contributed by atoms with van der Waals surface area (Å²) in [4.78, 5) is 0. The number of benzene rings is 4. The fourth-order valence-corrected chi connectivity index (χ4v) is 14.5. The van der Waals surface area contributed by atoms with E-state index in [0.717, 1.165) is 19.3 Å². The molecule has 0 saturated heterocycles. The summed E-state index contributed by atoms with van der Waals surface area (Å²) in [7, 11) is 0. The maximum Gasteiger partial charge on any atom is -1.00 e. The van der Waals surface area contributed by atoms with Crippen LogP contribution in [0.5, 0.6) is 0 Å². The molecule has 0 nitrogen and oxygen atoms in total. The van der Waals surface area contributed by atoms with Gasteiger partial charge >= 0.3 is 263 Å². The van der Waals surface area contributed by atoms with Crippen molar-refractivity contribution in [3.63, 3.8) is 0 Å². The third-order valence-corrected chi connectivity index (χ3v) is 16.6. The van der Waals surface area contributed by atoms with Gasteiger partial charge in [0.15, 0.2) is 0 Å². The zero-order valence-corrected chi connectivity index (χ0v) is 31.2. The molecule has 3 heteroatoms. The Morgan fingerprint density at radius 2 is 1.34 bits per heavy atom. The second-order valence-corrected chi connectivity index (χ2v) is 20.1. The van der Waals surface area contributed by atoms with Crippen molar-refractivity contribution in [2.45, 2.75) is 78.6 Å². The monoisotopic (exact) mass is 696 g/mol. The van der Waals surface area contributed by atoms with Crippen LogP contribution < -0.4 is 28.1 Å². The molecule has 0 heterocycles. The molecule has 0 unspecified atom stereocenters. The van der Waals surface area contributed by atoms with Gasteiger partial charge in [-0.05, 0) is 0 Å². The molecule has 4 aromatic carbocycles. The van der Waals surface area contributed by atoms with Crippen LogP contribution >= 0.6 is 0 Å². The first-order valence-corrected chi connectivity index (χ1v) is 19.3. The van der Waals surface area contributed by atoms with Crippen LogP contribution in [-0.2, 0) is 44.9 Å². The molecule has 6 rings (SSSR count). The van der Waals surface area contributed by atoms with Crippen LogP contribution in [0.15, 0.2) is 106 Å². The van der Waals surface area contributed by atoms with E-state index in [1.165, 1.54) is 44.5 Å². The summed E-state index contributed by atoms with van der Waals surface area (Å²) in [6.45, 7) is 16.4. The van der Waals surface area contributed by atoms with Gasteiger partial charge in [-0.1, -0.05) is 0 Å². The van der Waals surface area contributed by atoms with Gasteiger partial charge in [-0.25, -0.2) is 0 Å². The Labute approximate surface area is 285 Å². The molecule has 0 amide bonds. The van der Waals surface area contributed by atoms with Crippen LogP contribution in [0.25, 0.3) is 11.1 Å². The second-order valence-electron chi connectivity index (χ2n) is 14.1. The summed E-state index contributed by atoms with van der Waals surface area (Å²) in [6.07, 6.45) is 10.3. The van der Waals surface area contributed by atoms with Gasteiger partial charge in [0.2, 0.25) is 0 Å². The van der Waals surface area contributed by atoms with Crippen LogP contribution in [0.1, 0.15) is 93.8 Å². The predicted molar refractivity (Wildman–Crippen MR) is 179 cm³/mol. The van der Waals surface area contributed by atoms with Crippen molar-refractivity contribution in [3.05, 3.63) is 145 Å². The Morgan fingerprint density at radius 3 is 1.93 bits per heavy atom. The molecule has 0 spiro atoms. The van der Waals surface area contributed by atoms with Gasteiger partial charge in [-0.2, -0.15) is 0 Å². The Bertz CT molecular complexity index is 1740. The molecule has 2 aliphatic rings. The smallest absolute Gasteiger partial charge is 1.00 e. The average Bonchev–Trinajstić information content (AvgIpc) is 3.63. The maximum atomic E-state index is 2.65. The Kier molecular flexibility index (Phi) is 10.7. The van der Waals surface area contributed by atoms with Gasteiger partial charge in [0, 0.05) is 0 Å². The first-order chi connectivity index (χ1) is 20.0. The van der Waals surface area contributed by atoms with Crippen molar-refractivity contribution < 1.29 is 46.1 Å². The minimum absolute atomic E-state index is 0. The largest absolute Gasteiger partial charge is 1.00 e. The molecule has 44 heavy (non-hydrogen) atoms. The SMILES string of the molecule is CCc1ccc(/[C](c2ccccc2)=[Zr+2](/[C]2=CC=CC2)[c]2cc(C(C)(C)C)cc3c2Cc2ccc(C(C)(C)C)cc2-3)cc1.[Cl-].[Cl-]. The third kappa shape index (κ3) is 6.77. The van der Waals surface area contributed by atoms with Crippen molar-refractivity contribution in [2.24, 2.45) is 0 Å². The number of halogens is 2. The summed E-state index contributed by atoms with van der Waals surface area (Å²) in [5.74, 6) is 0. The summed E-state index contributed by atoms with van der Waals surface area (Å²) >= 11 is -2.68. The summed E-state index contributed by atoms with van der Waals surface area (Å²) in [6, 6.07) is 33.3. The number of aryl methyl sites for hydroxylation is 1. The van der Waals surface area contributed by atoms with Crippen LogP contribution in [0, 0.1) is 0 Å². The molecule has 4 aromatic rings. The van der Waals surface area contributed by atoms with E-state index in [1.54, 1.807) is 15.3 Å². The average molecular weight is 699 g/mol. The Morgan fingerprint density at radius 1 is 0.705 bits per heavy atom. The van der Waals surface area contributed by atoms with Crippen molar-refractivity contribution in [1.29, 1.82) is 0 Å². The topological polar surface area (TPSA) is 0 Å². The van der Waals surface area contributed by atoms with Crippen molar-refractivity contribution in [1.82, 2.24) is 0 Å². The Hall–Kier alpha value is -2.31. The van der Waals surface area contributed by atoms with Crippen molar-refractivity contribution in [3.8, 4) is 11.1 Å². The van der Waals surface area contributed by atoms with E-state index in [-0.39, 0.29) is 35.6 Å². The Balaban J connectivity index is 0.00000221. The van der Waals surface area contributed by atoms with Gasteiger partial charge in [-0.3, -0.25) is 0 Å². The number of hydrogen-bond donors (Lipinski definition) is 0.